The largest absolute Gasteiger partial charge is 0.507 e. The predicted molar refractivity (Wildman–Crippen MR) is 89.0 cm³/mol. The molecule has 0 atom stereocenters. The fourth-order valence-electron chi connectivity index (χ4n) is 2.85. The SMILES string of the molecule is COC(=O)c1c(O)cccc1C(F)(F)C(F)(F)C(F)(F)C(F)(F)C(F)(F)C(F)(F)C(F)(F)C(F)(F)C(F)(F)C(F)(F)F. The van der Waals surface area contributed by atoms with Gasteiger partial charge in [-0.25, -0.2) is 4.79 Å². The first-order valence-corrected chi connectivity index (χ1v) is 9.50. The third-order valence-corrected chi connectivity index (χ3v) is 5.28. The molecule has 244 valence electrons. The molecule has 42 heavy (non-hydrogen) atoms. The molecule has 0 aliphatic rings. The first-order chi connectivity index (χ1) is 18.1. The van der Waals surface area contributed by atoms with Crippen LogP contribution in [0.15, 0.2) is 18.2 Å². The number of phenols is 1. The lowest BCUT2D eigenvalue weighted by Gasteiger charge is -2.44. The maximum Gasteiger partial charge on any atom is 0.460 e. The Hall–Kier alpha value is -2.98. The van der Waals surface area contributed by atoms with Crippen molar-refractivity contribution in [1.82, 2.24) is 0 Å². The van der Waals surface area contributed by atoms with E-state index in [1.807, 2.05) is 0 Å². The molecule has 0 heterocycles. The van der Waals surface area contributed by atoms with Crippen molar-refractivity contribution in [2.24, 2.45) is 0 Å². The number of methoxy groups -OCH3 is 1. The van der Waals surface area contributed by atoms with Crippen molar-refractivity contribution >= 4 is 5.97 Å². The minimum Gasteiger partial charge on any atom is -0.507 e. The molecule has 0 saturated heterocycles. The Bertz CT molecular complexity index is 1180. The van der Waals surface area contributed by atoms with Gasteiger partial charge in [0.1, 0.15) is 11.3 Å². The second kappa shape index (κ2) is 9.77. The molecule has 0 unspecified atom stereocenters. The number of phenolic OH excluding ortho intramolecular Hbond substituents is 1. The minimum atomic E-state index is -9.29. The van der Waals surface area contributed by atoms with E-state index in [-0.39, 0.29) is 19.2 Å². The number of aromatic hydroxyl groups is 1. The monoisotopic (exact) mass is 670 g/mol. The Kier molecular flexibility index (Phi) is 8.62. The number of alkyl halides is 21. The highest BCUT2D eigenvalue weighted by molar-refractivity contribution is 5.94. The van der Waals surface area contributed by atoms with Crippen molar-refractivity contribution in [2.45, 2.75) is 59.5 Å². The quantitative estimate of drug-likeness (QED) is 0.204. The van der Waals surface area contributed by atoms with Gasteiger partial charge in [-0.3, -0.25) is 0 Å². The Morgan fingerprint density at radius 3 is 1.17 bits per heavy atom. The lowest BCUT2D eigenvalue weighted by atomic mass is 9.84. The van der Waals surface area contributed by atoms with Crippen LogP contribution in [-0.2, 0) is 10.7 Å². The number of halogens is 21. The summed E-state index contributed by atoms with van der Waals surface area (Å²) in [6.07, 6.45) is -8.06. The van der Waals surface area contributed by atoms with E-state index in [0.29, 0.717) is 0 Å². The molecule has 24 heteroatoms. The molecule has 1 N–H and O–H groups in total. The number of rotatable bonds is 10. The average molecular weight is 670 g/mol. The number of hydrogen-bond donors (Lipinski definition) is 1. The van der Waals surface area contributed by atoms with Crippen molar-refractivity contribution in [3.05, 3.63) is 29.3 Å². The van der Waals surface area contributed by atoms with Crippen LogP contribution in [0.1, 0.15) is 15.9 Å². The third-order valence-electron chi connectivity index (χ3n) is 5.28. The van der Waals surface area contributed by atoms with Crippen LogP contribution < -0.4 is 0 Å². The van der Waals surface area contributed by atoms with Crippen molar-refractivity contribution in [3.63, 3.8) is 0 Å². The van der Waals surface area contributed by atoms with Crippen molar-refractivity contribution in [2.75, 3.05) is 7.11 Å². The number of esters is 1. The zero-order valence-corrected chi connectivity index (χ0v) is 18.9. The summed E-state index contributed by atoms with van der Waals surface area (Å²) in [7, 11) is 0.235. The van der Waals surface area contributed by atoms with Crippen LogP contribution in [0.2, 0.25) is 0 Å². The van der Waals surface area contributed by atoms with Gasteiger partial charge in [-0.1, -0.05) is 12.1 Å². The Morgan fingerprint density at radius 1 is 0.548 bits per heavy atom. The van der Waals surface area contributed by atoms with E-state index in [0.717, 1.165) is 0 Å². The van der Waals surface area contributed by atoms with Crippen LogP contribution in [0, 0.1) is 0 Å². The van der Waals surface area contributed by atoms with Gasteiger partial charge in [-0.2, -0.15) is 92.2 Å². The third kappa shape index (κ3) is 4.44. The Morgan fingerprint density at radius 2 is 0.857 bits per heavy atom. The van der Waals surface area contributed by atoms with Gasteiger partial charge >= 0.3 is 65.4 Å². The van der Waals surface area contributed by atoms with E-state index in [1.165, 1.54) is 0 Å². The van der Waals surface area contributed by atoms with E-state index >= 15 is 0 Å². The van der Waals surface area contributed by atoms with Crippen molar-refractivity contribution < 1.29 is 107 Å². The fourth-order valence-corrected chi connectivity index (χ4v) is 2.85. The molecule has 3 nitrogen and oxygen atoms in total. The highest BCUT2D eigenvalue weighted by atomic mass is 19.4. The van der Waals surface area contributed by atoms with Gasteiger partial charge in [0.2, 0.25) is 0 Å². The van der Waals surface area contributed by atoms with E-state index in [1.54, 1.807) is 0 Å². The summed E-state index contributed by atoms with van der Waals surface area (Å²) in [5, 5.41) is 9.38. The van der Waals surface area contributed by atoms with Gasteiger partial charge < -0.3 is 9.84 Å². The molecule has 0 bridgehead atoms. The Balaban J connectivity index is 3.96. The van der Waals surface area contributed by atoms with Gasteiger partial charge in [-0.05, 0) is 6.07 Å². The number of benzene rings is 1. The summed E-state index contributed by atoms with van der Waals surface area (Å²) < 4.78 is 287. The lowest BCUT2D eigenvalue weighted by molar-refractivity contribution is -0.474. The molecule has 1 aromatic carbocycles. The highest BCUT2D eigenvalue weighted by Gasteiger charge is 2.98. The molecular formula is C18H7F21O3. The Labute approximate surface area is 215 Å². The molecule has 1 aromatic rings. The first-order valence-electron chi connectivity index (χ1n) is 9.50. The minimum absolute atomic E-state index is 0.0242. The highest BCUT2D eigenvalue weighted by Crippen LogP contribution is 2.67. The average Bonchev–Trinajstić information content (AvgIpc) is 2.81. The summed E-state index contributed by atoms with van der Waals surface area (Å²) in [4.78, 5) is 11.5. The molecule has 0 amide bonds. The molecule has 0 fully saturated rings. The fraction of sp³-hybridized carbons (Fsp3) is 0.611. The van der Waals surface area contributed by atoms with Crippen LogP contribution in [0.3, 0.4) is 0 Å². The molecule has 0 aromatic heterocycles. The number of ether oxygens (including phenoxy) is 1. The lowest BCUT2D eigenvalue weighted by Crippen LogP contribution is -2.76. The van der Waals surface area contributed by atoms with E-state index in [9.17, 15) is 102 Å². The molecule has 0 aliphatic heterocycles. The van der Waals surface area contributed by atoms with E-state index in [2.05, 4.69) is 4.74 Å². The summed E-state index contributed by atoms with van der Waals surface area (Å²) >= 11 is 0. The van der Waals surface area contributed by atoms with Gasteiger partial charge in [0.15, 0.2) is 0 Å². The zero-order valence-electron chi connectivity index (χ0n) is 18.9. The predicted octanol–water partition coefficient (Wildman–Crippen LogP) is 7.92. The second-order valence-corrected chi connectivity index (χ2v) is 7.86. The van der Waals surface area contributed by atoms with Crippen LogP contribution in [0.4, 0.5) is 92.2 Å². The zero-order chi connectivity index (χ0) is 34.1. The molecule has 0 spiro atoms. The number of hydrogen-bond acceptors (Lipinski definition) is 3. The smallest absolute Gasteiger partial charge is 0.460 e. The van der Waals surface area contributed by atoms with E-state index < -0.39 is 88.4 Å². The van der Waals surface area contributed by atoms with Gasteiger partial charge in [0.05, 0.1) is 7.11 Å². The van der Waals surface area contributed by atoms with E-state index in [4.69, 9.17) is 0 Å². The van der Waals surface area contributed by atoms with Crippen LogP contribution in [0.25, 0.3) is 0 Å². The molecule has 0 saturated carbocycles. The van der Waals surface area contributed by atoms with Gasteiger partial charge in [0, 0.05) is 5.56 Å². The number of carbonyl (C=O) groups is 1. The van der Waals surface area contributed by atoms with Crippen LogP contribution in [-0.4, -0.2) is 71.7 Å². The first kappa shape index (κ1) is 37.0. The summed E-state index contributed by atoms with van der Waals surface area (Å²) in [5.41, 5.74) is -5.30. The summed E-state index contributed by atoms with van der Waals surface area (Å²) in [6, 6.07) is -0.456. The van der Waals surface area contributed by atoms with Gasteiger partial charge in [0.25, 0.3) is 0 Å². The van der Waals surface area contributed by atoms with Crippen molar-refractivity contribution in [3.8, 4) is 5.75 Å². The molecule has 1 rings (SSSR count). The molecule has 0 radical (unpaired) electrons. The maximum atomic E-state index is 14.5. The van der Waals surface area contributed by atoms with Crippen molar-refractivity contribution in [1.29, 1.82) is 0 Å². The van der Waals surface area contributed by atoms with Crippen LogP contribution >= 0.6 is 0 Å². The topological polar surface area (TPSA) is 46.5 Å². The standard InChI is InChI=1S/C18H7F21O3/c1-42-8(41)7-5(3-2-4-6(7)40)9(19,20)10(21,22)11(23,24)12(25,26)13(27,28)14(29,30)15(31,32)16(33,34)17(35,36)18(37,38)39/h2-4,40H,1H3. The van der Waals surface area contributed by atoms with Gasteiger partial charge in [-0.15, -0.1) is 0 Å². The number of carbonyl (C=O) groups excluding carboxylic acids is 1. The van der Waals surface area contributed by atoms with Crippen LogP contribution in [0.5, 0.6) is 5.75 Å². The molecule has 0 aliphatic carbocycles. The summed E-state index contributed by atoms with van der Waals surface area (Å²) in [5.74, 6) is -83.1. The maximum absolute atomic E-state index is 14.5. The summed E-state index contributed by atoms with van der Waals surface area (Å²) in [6.45, 7) is 0. The second-order valence-electron chi connectivity index (χ2n) is 7.86. The normalized spacial score (nSPS) is 15.6. The molecular weight excluding hydrogens is 663 g/mol.